The van der Waals surface area contributed by atoms with Gasteiger partial charge in [0, 0.05) is 7.05 Å². The Kier molecular flexibility index (Phi) is 2.65. The number of nitrogens with zero attached hydrogens (tertiary/aromatic N) is 2. The molecule has 0 bridgehead atoms. The van der Waals surface area contributed by atoms with Gasteiger partial charge in [0.25, 0.3) is 5.56 Å². The van der Waals surface area contributed by atoms with Gasteiger partial charge in [-0.1, -0.05) is 12.1 Å². The third-order valence-electron chi connectivity index (χ3n) is 2.42. The molecule has 0 aliphatic rings. The van der Waals surface area contributed by atoms with Crippen molar-refractivity contribution < 1.29 is 13.2 Å². The topological polar surface area (TPSA) is 34.9 Å². The number of hydrogen-bond donors (Lipinski definition) is 0. The van der Waals surface area contributed by atoms with Crippen LogP contribution in [0.2, 0.25) is 0 Å². The summed E-state index contributed by atoms with van der Waals surface area (Å²) < 4.78 is 38.0. The molecule has 0 fully saturated rings. The summed E-state index contributed by atoms with van der Waals surface area (Å²) in [7, 11) is 1.44. The summed E-state index contributed by atoms with van der Waals surface area (Å²) >= 11 is 0. The van der Waals surface area contributed by atoms with Gasteiger partial charge in [-0.3, -0.25) is 4.79 Å². The molecule has 0 saturated carbocycles. The van der Waals surface area contributed by atoms with Crippen molar-refractivity contribution in [3.05, 3.63) is 40.3 Å². The Morgan fingerprint density at radius 2 is 1.94 bits per heavy atom. The van der Waals surface area contributed by atoms with E-state index >= 15 is 0 Å². The lowest BCUT2D eigenvalue weighted by Gasteiger charge is -2.09. The number of aryl methyl sites for hydroxylation is 1. The Balaban J connectivity index is 2.66. The molecule has 2 rings (SSSR count). The first-order valence-electron chi connectivity index (χ1n) is 4.90. The van der Waals surface area contributed by atoms with Crippen LogP contribution in [-0.4, -0.2) is 15.7 Å². The average molecular weight is 242 g/mol. The van der Waals surface area contributed by atoms with Gasteiger partial charge in [0.2, 0.25) is 0 Å². The molecule has 0 unspecified atom stereocenters. The van der Waals surface area contributed by atoms with Crippen molar-refractivity contribution in [3.8, 4) is 0 Å². The van der Waals surface area contributed by atoms with Gasteiger partial charge in [-0.15, -0.1) is 0 Å². The second-order valence-electron chi connectivity index (χ2n) is 3.70. The largest absolute Gasteiger partial charge is 0.394 e. The van der Waals surface area contributed by atoms with Crippen LogP contribution in [0.25, 0.3) is 11.0 Å². The van der Waals surface area contributed by atoms with Crippen LogP contribution in [0.3, 0.4) is 0 Å². The van der Waals surface area contributed by atoms with Gasteiger partial charge in [0.05, 0.1) is 17.5 Å². The van der Waals surface area contributed by atoms with Crippen LogP contribution < -0.4 is 5.56 Å². The first-order chi connectivity index (χ1) is 7.88. The molecule has 0 saturated heterocycles. The number of halogens is 3. The van der Waals surface area contributed by atoms with E-state index in [-0.39, 0.29) is 0 Å². The Morgan fingerprint density at radius 1 is 1.29 bits per heavy atom. The zero-order valence-corrected chi connectivity index (χ0v) is 8.95. The fourth-order valence-corrected chi connectivity index (χ4v) is 1.64. The fraction of sp³-hybridized carbons (Fsp3) is 0.273. The highest BCUT2D eigenvalue weighted by Crippen LogP contribution is 2.19. The lowest BCUT2D eigenvalue weighted by molar-refractivity contribution is -0.128. The van der Waals surface area contributed by atoms with Crippen LogP contribution in [0, 0.1) is 0 Å². The van der Waals surface area contributed by atoms with Gasteiger partial charge in [-0.05, 0) is 12.1 Å². The molecular weight excluding hydrogens is 233 g/mol. The highest BCUT2D eigenvalue weighted by atomic mass is 19.4. The quantitative estimate of drug-likeness (QED) is 0.767. The molecule has 0 aliphatic carbocycles. The zero-order chi connectivity index (χ0) is 12.6. The molecular formula is C11H9F3N2O. The number of fused-ring (bicyclic) bond motifs is 1. The van der Waals surface area contributed by atoms with Crippen molar-refractivity contribution in [3.63, 3.8) is 0 Å². The monoisotopic (exact) mass is 242 g/mol. The van der Waals surface area contributed by atoms with Crippen molar-refractivity contribution in [2.75, 3.05) is 0 Å². The van der Waals surface area contributed by atoms with Gasteiger partial charge in [-0.25, -0.2) is 4.98 Å². The van der Waals surface area contributed by atoms with E-state index in [0.717, 1.165) is 0 Å². The summed E-state index contributed by atoms with van der Waals surface area (Å²) in [6, 6.07) is 6.58. The predicted octanol–water partition coefficient (Wildman–Crippen LogP) is 2.04. The second-order valence-corrected chi connectivity index (χ2v) is 3.70. The number of aromatic nitrogens is 2. The molecule has 0 aliphatic heterocycles. The summed E-state index contributed by atoms with van der Waals surface area (Å²) in [5.41, 5.74) is -0.281. The van der Waals surface area contributed by atoms with Crippen molar-refractivity contribution in [1.82, 2.24) is 9.55 Å². The molecule has 17 heavy (non-hydrogen) atoms. The minimum atomic E-state index is -4.43. The van der Waals surface area contributed by atoms with E-state index in [1.54, 1.807) is 24.3 Å². The maximum absolute atomic E-state index is 12.3. The summed E-state index contributed by atoms with van der Waals surface area (Å²) in [5, 5.41) is 0. The van der Waals surface area contributed by atoms with Gasteiger partial charge < -0.3 is 4.57 Å². The molecule has 0 N–H and O–H groups in total. The normalized spacial score (nSPS) is 12.0. The van der Waals surface area contributed by atoms with Crippen molar-refractivity contribution in [2.24, 2.45) is 7.05 Å². The molecule has 1 heterocycles. The molecule has 2 aromatic rings. The summed E-state index contributed by atoms with van der Waals surface area (Å²) in [4.78, 5) is 15.4. The number of benzene rings is 1. The highest BCUT2D eigenvalue weighted by molar-refractivity contribution is 5.74. The summed E-state index contributed by atoms with van der Waals surface area (Å²) in [6.45, 7) is 0. The molecule has 0 spiro atoms. The molecule has 6 heteroatoms. The molecule has 0 amide bonds. The Bertz CT molecular complexity index is 616. The number of para-hydroxylation sites is 2. The Hall–Kier alpha value is -1.85. The third kappa shape index (κ3) is 2.30. The van der Waals surface area contributed by atoms with E-state index in [4.69, 9.17) is 0 Å². The first-order valence-corrected chi connectivity index (χ1v) is 4.90. The lowest BCUT2D eigenvalue weighted by atomic mass is 10.2. The van der Waals surface area contributed by atoms with Crippen LogP contribution in [-0.2, 0) is 13.5 Å². The SMILES string of the molecule is Cn1c(=O)c(CC(F)(F)F)nc2ccccc21. The smallest absolute Gasteiger partial charge is 0.308 e. The standard InChI is InChI=1S/C11H9F3N2O/c1-16-9-5-3-2-4-7(9)15-8(10(16)17)6-11(12,13)14/h2-5H,6H2,1H3. The second kappa shape index (κ2) is 3.87. The molecule has 90 valence electrons. The fourth-order valence-electron chi connectivity index (χ4n) is 1.64. The third-order valence-corrected chi connectivity index (χ3v) is 2.42. The van der Waals surface area contributed by atoms with E-state index in [9.17, 15) is 18.0 Å². The van der Waals surface area contributed by atoms with Crippen LogP contribution in [0.1, 0.15) is 5.69 Å². The van der Waals surface area contributed by atoms with Crippen LogP contribution >= 0.6 is 0 Å². The lowest BCUT2D eigenvalue weighted by Crippen LogP contribution is -2.27. The Labute approximate surface area is 94.5 Å². The van der Waals surface area contributed by atoms with E-state index < -0.39 is 23.9 Å². The minimum Gasteiger partial charge on any atom is -0.308 e. The molecule has 0 atom stereocenters. The van der Waals surface area contributed by atoms with Gasteiger partial charge >= 0.3 is 6.18 Å². The zero-order valence-electron chi connectivity index (χ0n) is 8.95. The number of rotatable bonds is 1. The van der Waals surface area contributed by atoms with Crippen molar-refractivity contribution >= 4 is 11.0 Å². The molecule has 0 radical (unpaired) electrons. The highest BCUT2D eigenvalue weighted by Gasteiger charge is 2.30. The average Bonchev–Trinajstić information content (AvgIpc) is 2.24. The van der Waals surface area contributed by atoms with Crippen LogP contribution in [0.15, 0.2) is 29.1 Å². The van der Waals surface area contributed by atoms with E-state index in [2.05, 4.69) is 4.98 Å². The summed E-state index contributed by atoms with van der Waals surface area (Å²) in [6.07, 6.45) is -5.73. The van der Waals surface area contributed by atoms with Crippen LogP contribution in [0.4, 0.5) is 13.2 Å². The van der Waals surface area contributed by atoms with E-state index in [1.165, 1.54) is 11.6 Å². The maximum atomic E-state index is 12.3. The molecule has 1 aromatic heterocycles. The Morgan fingerprint density at radius 3 is 2.59 bits per heavy atom. The van der Waals surface area contributed by atoms with Gasteiger partial charge in [0.15, 0.2) is 0 Å². The minimum absolute atomic E-state index is 0.383. The number of alkyl halides is 3. The maximum Gasteiger partial charge on any atom is 0.394 e. The van der Waals surface area contributed by atoms with E-state index in [0.29, 0.717) is 11.0 Å². The van der Waals surface area contributed by atoms with Crippen molar-refractivity contribution in [2.45, 2.75) is 12.6 Å². The van der Waals surface area contributed by atoms with Gasteiger partial charge in [-0.2, -0.15) is 13.2 Å². The van der Waals surface area contributed by atoms with Crippen molar-refractivity contribution in [1.29, 1.82) is 0 Å². The van der Waals surface area contributed by atoms with E-state index in [1.807, 2.05) is 0 Å². The first kappa shape index (κ1) is 11.6. The van der Waals surface area contributed by atoms with Gasteiger partial charge in [0.1, 0.15) is 5.69 Å². The van der Waals surface area contributed by atoms with Crippen LogP contribution in [0.5, 0.6) is 0 Å². The summed E-state index contributed by atoms with van der Waals surface area (Å²) in [5.74, 6) is 0. The molecule has 1 aromatic carbocycles. The predicted molar refractivity (Wildman–Crippen MR) is 56.7 cm³/mol. The number of hydrogen-bond acceptors (Lipinski definition) is 2. The molecule has 3 nitrogen and oxygen atoms in total.